The highest BCUT2D eigenvalue weighted by Crippen LogP contribution is 2.40. The van der Waals surface area contributed by atoms with E-state index in [-0.39, 0.29) is 11.9 Å². The number of fused-ring (bicyclic) bond motifs is 3. The van der Waals surface area contributed by atoms with Crippen molar-refractivity contribution >= 4 is 39.0 Å². The van der Waals surface area contributed by atoms with Gasteiger partial charge in [0.25, 0.3) is 0 Å². The van der Waals surface area contributed by atoms with Gasteiger partial charge in [-0.3, -0.25) is 0 Å². The third-order valence-electron chi connectivity index (χ3n) is 3.76. The molecule has 1 aliphatic carbocycles. The van der Waals surface area contributed by atoms with Gasteiger partial charge in [-0.25, -0.2) is 9.97 Å². The number of hydrogen-bond acceptors (Lipinski definition) is 5. The highest BCUT2D eigenvalue weighted by atomic mass is 35.5. The minimum absolute atomic E-state index is 0.175. The third-order valence-corrected chi connectivity index (χ3v) is 5.07. The molecule has 0 radical (unpaired) electrons. The lowest BCUT2D eigenvalue weighted by Crippen LogP contribution is -2.10. The first-order valence-corrected chi connectivity index (χ1v) is 8.21. The number of aromatic nitrogens is 2. The fourth-order valence-corrected chi connectivity index (χ4v) is 4.33. The molecule has 0 spiro atoms. The van der Waals surface area contributed by atoms with E-state index in [9.17, 15) is 0 Å². The molecule has 2 aromatic rings. The number of aryl methyl sites for hydroxylation is 1. The Morgan fingerprint density at radius 1 is 1.45 bits per heavy atom. The lowest BCUT2D eigenvalue weighted by Gasteiger charge is -2.18. The first-order valence-electron chi connectivity index (χ1n) is 7.01. The number of nitrogens with one attached hydrogen (secondary N) is 1. The maximum Gasteiger partial charge on any atom is 0.225 e. The van der Waals surface area contributed by atoms with Crippen molar-refractivity contribution in [3.8, 4) is 0 Å². The van der Waals surface area contributed by atoms with Crippen LogP contribution in [0.2, 0.25) is 5.28 Å². The fraction of sp³-hybridized carbons (Fsp3) is 0.571. The summed E-state index contributed by atoms with van der Waals surface area (Å²) in [6, 6.07) is 0. The molecular weight excluding hydrogens is 294 g/mol. The van der Waals surface area contributed by atoms with Crippen molar-refractivity contribution in [2.45, 2.75) is 32.6 Å². The van der Waals surface area contributed by atoms with Crippen LogP contribution in [0.25, 0.3) is 10.2 Å². The Morgan fingerprint density at radius 2 is 2.30 bits per heavy atom. The molecule has 0 saturated heterocycles. The van der Waals surface area contributed by atoms with E-state index in [2.05, 4.69) is 22.2 Å². The topological polar surface area (TPSA) is 58.0 Å². The first-order chi connectivity index (χ1) is 9.69. The van der Waals surface area contributed by atoms with Gasteiger partial charge in [-0.05, 0) is 48.8 Å². The molecule has 0 aromatic carbocycles. The van der Waals surface area contributed by atoms with Crippen molar-refractivity contribution in [1.82, 2.24) is 9.97 Å². The lowest BCUT2D eigenvalue weighted by molar-refractivity contribution is 0.292. The summed E-state index contributed by atoms with van der Waals surface area (Å²) in [4.78, 5) is 11.1. The maximum absolute atomic E-state index is 8.90. The normalized spacial score (nSPS) is 18.2. The van der Waals surface area contributed by atoms with Crippen LogP contribution < -0.4 is 5.32 Å². The predicted octanol–water partition coefficient (Wildman–Crippen LogP) is 3.26. The highest BCUT2D eigenvalue weighted by molar-refractivity contribution is 7.19. The molecule has 2 N–H and O–H groups in total. The summed E-state index contributed by atoms with van der Waals surface area (Å²) in [5.41, 5.74) is 1.39. The van der Waals surface area contributed by atoms with Crippen LogP contribution in [0.15, 0.2) is 0 Å². The van der Waals surface area contributed by atoms with Crippen LogP contribution in [0, 0.1) is 5.92 Å². The van der Waals surface area contributed by atoms with E-state index in [4.69, 9.17) is 16.7 Å². The molecule has 6 heteroatoms. The molecule has 2 heterocycles. The van der Waals surface area contributed by atoms with E-state index in [1.54, 1.807) is 11.3 Å². The number of rotatable bonds is 4. The molecule has 108 valence electrons. The number of aliphatic hydroxyl groups is 1. The Balaban J connectivity index is 2.04. The van der Waals surface area contributed by atoms with Gasteiger partial charge in [0.15, 0.2) is 0 Å². The Bertz CT molecular complexity index is 628. The molecule has 2 aromatic heterocycles. The summed E-state index contributed by atoms with van der Waals surface area (Å²) in [5.74, 6) is 1.56. The molecule has 3 rings (SSSR count). The average Bonchev–Trinajstić information content (AvgIpc) is 2.75. The second-order valence-electron chi connectivity index (χ2n) is 5.38. The molecule has 20 heavy (non-hydrogen) atoms. The van der Waals surface area contributed by atoms with Gasteiger partial charge in [-0.1, -0.05) is 6.92 Å². The Labute approximate surface area is 127 Å². The van der Waals surface area contributed by atoms with E-state index in [0.29, 0.717) is 13.0 Å². The Hall–Kier alpha value is -0.910. The number of aliphatic hydroxyl groups excluding tert-OH is 1. The van der Waals surface area contributed by atoms with Crippen LogP contribution in [0.1, 0.15) is 30.2 Å². The van der Waals surface area contributed by atoms with E-state index >= 15 is 0 Å². The number of nitrogens with zero attached hydrogens (tertiary/aromatic N) is 2. The zero-order valence-corrected chi connectivity index (χ0v) is 13.0. The highest BCUT2D eigenvalue weighted by Gasteiger charge is 2.23. The second-order valence-corrected chi connectivity index (χ2v) is 6.80. The van der Waals surface area contributed by atoms with Crippen LogP contribution in [0.5, 0.6) is 0 Å². The van der Waals surface area contributed by atoms with Crippen LogP contribution in [-0.4, -0.2) is 28.2 Å². The molecule has 1 atom stereocenters. The summed E-state index contributed by atoms with van der Waals surface area (Å²) >= 11 is 7.77. The molecule has 0 amide bonds. The van der Waals surface area contributed by atoms with Gasteiger partial charge in [-0.2, -0.15) is 0 Å². The van der Waals surface area contributed by atoms with Crippen LogP contribution in [-0.2, 0) is 12.8 Å². The summed E-state index contributed by atoms with van der Waals surface area (Å²) in [7, 11) is 0. The molecular formula is C14H18ClN3OS. The first kappa shape index (κ1) is 14.0. The van der Waals surface area contributed by atoms with Gasteiger partial charge in [0.05, 0.1) is 5.39 Å². The Kier molecular flexibility index (Phi) is 4.10. The average molecular weight is 312 g/mol. The quantitative estimate of drug-likeness (QED) is 0.672. The van der Waals surface area contributed by atoms with Gasteiger partial charge in [0.2, 0.25) is 5.28 Å². The minimum Gasteiger partial charge on any atom is -0.396 e. The SMILES string of the molecule is CC1CCc2c(sc3nc(Cl)nc(NCCCO)c23)C1. The molecule has 1 aliphatic rings. The second kappa shape index (κ2) is 5.84. The lowest BCUT2D eigenvalue weighted by atomic mass is 9.89. The van der Waals surface area contributed by atoms with Gasteiger partial charge in [0, 0.05) is 18.0 Å². The zero-order chi connectivity index (χ0) is 14.1. The van der Waals surface area contributed by atoms with Gasteiger partial charge < -0.3 is 10.4 Å². The van der Waals surface area contributed by atoms with Crippen molar-refractivity contribution < 1.29 is 5.11 Å². The van der Waals surface area contributed by atoms with Crippen molar-refractivity contribution in [3.63, 3.8) is 0 Å². The zero-order valence-electron chi connectivity index (χ0n) is 11.4. The molecule has 0 aliphatic heterocycles. The van der Waals surface area contributed by atoms with Crippen molar-refractivity contribution in [3.05, 3.63) is 15.7 Å². The van der Waals surface area contributed by atoms with E-state index in [0.717, 1.165) is 34.8 Å². The molecule has 0 fully saturated rings. The minimum atomic E-state index is 0.175. The van der Waals surface area contributed by atoms with Crippen LogP contribution in [0.4, 0.5) is 5.82 Å². The standard InChI is InChI=1S/C14H18ClN3OS/c1-8-3-4-9-10(7-8)20-13-11(9)12(16-5-2-6-19)17-14(15)18-13/h8,19H,2-7H2,1H3,(H,16,17,18). The van der Waals surface area contributed by atoms with Crippen LogP contribution in [0.3, 0.4) is 0 Å². The van der Waals surface area contributed by atoms with Gasteiger partial charge in [-0.15, -0.1) is 11.3 Å². The summed E-state index contributed by atoms with van der Waals surface area (Å²) < 4.78 is 0. The monoisotopic (exact) mass is 311 g/mol. The predicted molar refractivity (Wildman–Crippen MR) is 83.8 cm³/mol. The van der Waals surface area contributed by atoms with Crippen molar-refractivity contribution in [2.24, 2.45) is 5.92 Å². The van der Waals surface area contributed by atoms with Crippen molar-refractivity contribution in [2.75, 3.05) is 18.5 Å². The summed E-state index contributed by atoms with van der Waals surface area (Å²) in [6.07, 6.45) is 4.14. The summed E-state index contributed by atoms with van der Waals surface area (Å²) in [5, 5.41) is 13.6. The van der Waals surface area contributed by atoms with E-state index in [1.165, 1.54) is 16.9 Å². The number of anilines is 1. The van der Waals surface area contributed by atoms with Crippen molar-refractivity contribution in [1.29, 1.82) is 0 Å². The van der Waals surface area contributed by atoms with Gasteiger partial charge >= 0.3 is 0 Å². The fourth-order valence-electron chi connectivity index (χ4n) is 2.73. The summed E-state index contributed by atoms with van der Waals surface area (Å²) in [6.45, 7) is 3.17. The molecule has 4 nitrogen and oxygen atoms in total. The third kappa shape index (κ3) is 2.62. The molecule has 0 saturated carbocycles. The molecule has 1 unspecified atom stereocenters. The molecule has 0 bridgehead atoms. The van der Waals surface area contributed by atoms with E-state index < -0.39 is 0 Å². The number of thiophene rings is 1. The Morgan fingerprint density at radius 3 is 3.10 bits per heavy atom. The smallest absolute Gasteiger partial charge is 0.225 e. The number of halogens is 1. The largest absolute Gasteiger partial charge is 0.396 e. The maximum atomic E-state index is 8.90. The van der Waals surface area contributed by atoms with Gasteiger partial charge in [0.1, 0.15) is 10.6 Å². The van der Waals surface area contributed by atoms with E-state index in [1.807, 2.05) is 0 Å². The number of hydrogen-bond donors (Lipinski definition) is 2. The van der Waals surface area contributed by atoms with Crippen LogP contribution >= 0.6 is 22.9 Å².